The third kappa shape index (κ3) is 3.75. The first-order chi connectivity index (χ1) is 19.9. The highest BCUT2D eigenvalue weighted by atomic mass is 16.5. The standard InChI is InChI=1S/C35H36N2O5/c1-19-12-14-26-22(16-19)20(2)17-28-35(24-10-8-9-11-25(24)36-33(35)40)29(30(37(26)28)32(39)34(3,4)5)31(38)23-18-21(41-6)13-15-27(23)42-7/h8-18,28-30H,1-7H3,(H,36,40). The molecular formula is C35H36N2O5. The summed E-state index contributed by atoms with van der Waals surface area (Å²) in [7, 11) is 3.04. The number of hydrogen-bond donors (Lipinski definition) is 1. The number of hydrogen-bond acceptors (Lipinski definition) is 6. The van der Waals surface area contributed by atoms with Gasteiger partial charge in [0.15, 0.2) is 11.6 Å². The predicted molar refractivity (Wildman–Crippen MR) is 163 cm³/mol. The molecule has 1 saturated heterocycles. The summed E-state index contributed by atoms with van der Waals surface area (Å²) in [5, 5.41) is 3.08. The van der Waals surface area contributed by atoms with Crippen molar-refractivity contribution in [3.63, 3.8) is 0 Å². The zero-order chi connectivity index (χ0) is 30.1. The number of carbonyl (C=O) groups excluding carboxylic acids is 3. The van der Waals surface area contributed by atoms with Gasteiger partial charge in [0.05, 0.1) is 31.7 Å². The fourth-order valence-electron chi connectivity index (χ4n) is 7.16. The Morgan fingerprint density at radius 3 is 2.38 bits per heavy atom. The minimum Gasteiger partial charge on any atom is -0.497 e. The van der Waals surface area contributed by atoms with E-state index in [1.54, 1.807) is 18.2 Å². The van der Waals surface area contributed by atoms with Gasteiger partial charge in [0, 0.05) is 22.4 Å². The average molecular weight is 565 g/mol. The third-order valence-corrected chi connectivity index (χ3v) is 9.09. The zero-order valence-corrected chi connectivity index (χ0v) is 25.1. The molecule has 0 bridgehead atoms. The molecule has 0 saturated carbocycles. The minimum absolute atomic E-state index is 0.110. The Morgan fingerprint density at radius 2 is 1.69 bits per heavy atom. The fraction of sp³-hybridized carbons (Fsp3) is 0.343. The molecule has 1 fully saturated rings. The molecule has 3 aliphatic heterocycles. The van der Waals surface area contributed by atoms with Crippen molar-refractivity contribution in [3.8, 4) is 11.5 Å². The van der Waals surface area contributed by atoms with Crippen LogP contribution in [0.15, 0.2) is 66.7 Å². The highest BCUT2D eigenvalue weighted by Crippen LogP contribution is 2.59. The van der Waals surface area contributed by atoms with Crippen LogP contribution < -0.4 is 19.7 Å². The van der Waals surface area contributed by atoms with Gasteiger partial charge in [-0.05, 0) is 61.4 Å². The molecule has 1 amide bonds. The van der Waals surface area contributed by atoms with Crippen LogP contribution >= 0.6 is 0 Å². The Morgan fingerprint density at radius 1 is 0.952 bits per heavy atom. The highest BCUT2D eigenvalue weighted by Gasteiger charge is 2.71. The Kier molecular flexibility index (Phi) is 6.33. The molecule has 3 aromatic carbocycles. The first-order valence-corrected chi connectivity index (χ1v) is 14.2. The van der Waals surface area contributed by atoms with Gasteiger partial charge in [-0.1, -0.05) is 56.7 Å². The topological polar surface area (TPSA) is 84.9 Å². The van der Waals surface area contributed by atoms with E-state index in [-0.39, 0.29) is 23.0 Å². The maximum absolute atomic E-state index is 15.1. The van der Waals surface area contributed by atoms with Gasteiger partial charge in [0.2, 0.25) is 5.91 Å². The average Bonchev–Trinajstić information content (AvgIpc) is 3.43. The molecule has 6 rings (SSSR count). The number of aryl methyl sites for hydroxylation is 1. The van der Waals surface area contributed by atoms with Gasteiger partial charge in [-0.3, -0.25) is 14.4 Å². The van der Waals surface area contributed by atoms with E-state index in [4.69, 9.17) is 9.47 Å². The van der Waals surface area contributed by atoms with Crippen molar-refractivity contribution < 1.29 is 23.9 Å². The zero-order valence-electron chi connectivity index (χ0n) is 25.1. The lowest BCUT2D eigenvalue weighted by Gasteiger charge is -2.40. The molecule has 216 valence electrons. The van der Waals surface area contributed by atoms with E-state index in [0.29, 0.717) is 22.7 Å². The summed E-state index contributed by atoms with van der Waals surface area (Å²) in [6, 6.07) is 17.2. The molecule has 7 heteroatoms. The molecule has 3 heterocycles. The van der Waals surface area contributed by atoms with Gasteiger partial charge in [-0.2, -0.15) is 0 Å². The lowest BCUT2D eigenvalue weighted by atomic mass is 9.63. The summed E-state index contributed by atoms with van der Waals surface area (Å²) >= 11 is 0. The van der Waals surface area contributed by atoms with Gasteiger partial charge in [0.1, 0.15) is 23.0 Å². The number of fused-ring (bicyclic) bond motifs is 6. The van der Waals surface area contributed by atoms with Crippen LogP contribution in [0.2, 0.25) is 0 Å². The number of para-hydroxylation sites is 1. The molecule has 4 unspecified atom stereocenters. The maximum atomic E-state index is 15.1. The quantitative estimate of drug-likeness (QED) is 0.383. The molecule has 4 atom stereocenters. The number of nitrogens with zero attached hydrogens (tertiary/aromatic N) is 1. The molecule has 1 N–H and O–H groups in total. The first kappa shape index (κ1) is 27.8. The molecule has 42 heavy (non-hydrogen) atoms. The van der Waals surface area contributed by atoms with E-state index < -0.39 is 28.8 Å². The van der Waals surface area contributed by atoms with Crippen molar-refractivity contribution in [2.45, 2.75) is 52.1 Å². The van der Waals surface area contributed by atoms with Crippen molar-refractivity contribution >= 4 is 34.4 Å². The van der Waals surface area contributed by atoms with Gasteiger partial charge in [0.25, 0.3) is 0 Å². The normalized spacial score (nSPS) is 24.0. The second kappa shape index (κ2) is 9.58. The number of carbonyl (C=O) groups is 3. The number of rotatable bonds is 5. The summed E-state index contributed by atoms with van der Waals surface area (Å²) in [6.45, 7) is 9.67. The number of methoxy groups -OCH3 is 2. The predicted octanol–water partition coefficient (Wildman–Crippen LogP) is 5.99. The van der Waals surface area contributed by atoms with Gasteiger partial charge in [-0.25, -0.2) is 0 Å². The SMILES string of the molecule is COc1ccc(OC)c(C(=O)C2C(C(=O)C(C)(C)C)N3c4ccc(C)cc4C(C)=CC3C23C(=O)Nc2ccccc23)c1. The van der Waals surface area contributed by atoms with Crippen molar-refractivity contribution in [2.75, 3.05) is 24.4 Å². The molecule has 3 aromatic rings. The van der Waals surface area contributed by atoms with Gasteiger partial charge in [-0.15, -0.1) is 0 Å². The lowest BCUT2D eigenvalue weighted by molar-refractivity contribution is -0.128. The number of nitrogens with one attached hydrogen (secondary N) is 1. The summed E-state index contributed by atoms with van der Waals surface area (Å²) in [5.41, 5.74) is 3.39. The van der Waals surface area contributed by atoms with Crippen molar-refractivity contribution in [1.82, 2.24) is 0 Å². The van der Waals surface area contributed by atoms with Crippen LogP contribution in [0.25, 0.3) is 5.57 Å². The number of ketones is 2. The fourth-order valence-corrected chi connectivity index (χ4v) is 7.16. The first-order valence-electron chi connectivity index (χ1n) is 14.2. The molecule has 3 aliphatic rings. The molecule has 1 spiro atoms. The molecule has 0 aliphatic carbocycles. The summed E-state index contributed by atoms with van der Waals surface area (Å²) < 4.78 is 11.1. The van der Waals surface area contributed by atoms with E-state index in [9.17, 15) is 9.59 Å². The van der Waals surface area contributed by atoms with E-state index in [1.165, 1.54) is 14.2 Å². The minimum atomic E-state index is -1.38. The van der Waals surface area contributed by atoms with E-state index in [0.717, 1.165) is 22.4 Å². The highest BCUT2D eigenvalue weighted by molar-refractivity contribution is 6.18. The number of Topliss-reactive ketones (excluding diaryl/α,β-unsaturated/α-hetero) is 2. The molecule has 0 aromatic heterocycles. The lowest BCUT2D eigenvalue weighted by Crippen LogP contribution is -2.51. The van der Waals surface area contributed by atoms with Crippen LogP contribution in [0, 0.1) is 18.3 Å². The van der Waals surface area contributed by atoms with E-state index in [1.807, 2.05) is 75.9 Å². The summed E-state index contributed by atoms with van der Waals surface area (Å²) in [4.78, 5) is 46.4. The maximum Gasteiger partial charge on any atom is 0.238 e. The number of anilines is 2. The largest absolute Gasteiger partial charge is 0.497 e. The van der Waals surface area contributed by atoms with Crippen LogP contribution in [0.4, 0.5) is 11.4 Å². The molecule has 0 radical (unpaired) electrons. The Balaban J connectivity index is 1.72. The number of ether oxygens (including phenoxy) is 2. The van der Waals surface area contributed by atoms with Crippen LogP contribution in [-0.4, -0.2) is 43.8 Å². The summed E-state index contributed by atoms with van der Waals surface area (Å²) in [5.74, 6) is -0.957. The second-order valence-corrected chi connectivity index (χ2v) is 12.6. The van der Waals surface area contributed by atoms with Crippen molar-refractivity contribution in [1.29, 1.82) is 0 Å². The second-order valence-electron chi connectivity index (χ2n) is 12.6. The van der Waals surface area contributed by atoms with Gasteiger partial charge >= 0.3 is 0 Å². The molecule has 7 nitrogen and oxygen atoms in total. The Labute approximate surface area is 246 Å². The number of allylic oxidation sites excluding steroid dienone is 1. The number of amides is 1. The van der Waals surface area contributed by atoms with E-state index in [2.05, 4.69) is 17.5 Å². The monoisotopic (exact) mass is 564 g/mol. The van der Waals surface area contributed by atoms with Crippen LogP contribution in [0.1, 0.15) is 54.7 Å². The number of benzene rings is 3. The molecular weight excluding hydrogens is 528 g/mol. The van der Waals surface area contributed by atoms with Gasteiger partial charge < -0.3 is 19.7 Å². The smallest absolute Gasteiger partial charge is 0.238 e. The van der Waals surface area contributed by atoms with E-state index >= 15 is 4.79 Å². The van der Waals surface area contributed by atoms with Crippen molar-refractivity contribution in [3.05, 3.63) is 89.0 Å². The van der Waals surface area contributed by atoms with Crippen LogP contribution in [-0.2, 0) is 15.0 Å². The Bertz CT molecular complexity index is 1680. The third-order valence-electron chi connectivity index (χ3n) is 9.09. The summed E-state index contributed by atoms with van der Waals surface area (Å²) in [6.07, 6.45) is 2.07. The van der Waals surface area contributed by atoms with Crippen LogP contribution in [0.5, 0.6) is 11.5 Å². The van der Waals surface area contributed by atoms with Crippen LogP contribution in [0.3, 0.4) is 0 Å². The Hall–Kier alpha value is -4.39. The van der Waals surface area contributed by atoms with Crippen molar-refractivity contribution in [2.24, 2.45) is 11.3 Å².